The molecule has 0 fully saturated rings. The summed E-state index contributed by atoms with van der Waals surface area (Å²) >= 11 is 0. The third kappa shape index (κ3) is 4.31. The van der Waals surface area contributed by atoms with Crippen molar-refractivity contribution in [1.29, 1.82) is 0 Å². The number of carboxylic acids is 1. The van der Waals surface area contributed by atoms with E-state index < -0.39 is 16.0 Å². The van der Waals surface area contributed by atoms with Gasteiger partial charge in [0.25, 0.3) is 0 Å². The van der Waals surface area contributed by atoms with E-state index in [1.807, 2.05) is 13.8 Å². The van der Waals surface area contributed by atoms with E-state index in [4.69, 9.17) is 5.11 Å². The molecule has 0 bridgehead atoms. The Balaban J connectivity index is 2.88. The second-order valence-electron chi connectivity index (χ2n) is 4.49. The molecule has 0 saturated carbocycles. The van der Waals surface area contributed by atoms with Crippen molar-refractivity contribution in [2.45, 2.75) is 44.6 Å². The van der Waals surface area contributed by atoms with Crippen molar-refractivity contribution in [3.63, 3.8) is 0 Å². The Morgan fingerprint density at radius 1 is 1.35 bits per heavy atom. The molecule has 114 valence electrons. The molecule has 1 N–H and O–H groups in total. The summed E-state index contributed by atoms with van der Waals surface area (Å²) in [6, 6.07) is 0. The molecule has 0 amide bonds. The van der Waals surface area contributed by atoms with Crippen molar-refractivity contribution in [1.82, 2.24) is 14.1 Å². The molecule has 0 spiro atoms. The van der Waals surface area contributed by atoms with Crippen molar-refractivity contribution in [3.05, 3.63) is 12.4 Å². The summed E-state index contributed by atoms with van der Waals surface area (Å²) in [5.74, 6) is -0.941. The summed E-state index contributed by atoms with van der Waals surface area (Å²) < 4.78 is 27.6. The van der Waals surface area contributed by atoms with Gasteiger partial charge in [0.15, 0.2) is 0 Å². The molecule has 1 rings (SSSR count). The molecule has 0 atom stereocenters. The van der Waals surface area contributed by atoms with Gasteiger partial charge in [-0.05, 0) is 12.8 Å². The van der Waals surface area contributed by atoms with Crippen LogP contribution in [-0.4, -0.2) is 46.7 Å². The van der Waals surface area contributed by atoms with Crippen molar-refractivity contribution in [2.24, 2.45) is 0 Å². The fourth-order valence-corrected chi connectivity index (χ4v) is 3.39. The molecule has 7 nitrogen and oxygen atoms in total. The first kappa shape index (κ1) is 16.6. The Morgan fingerprint density at radius 3 is 2.45 bits per heavy atom. The van der Waals surface area contributed by atoms with Crippen LogP contribution in [0.15, 0.2) is 17.3 Å². The van der Waals surface area contributed by atoms with Gasteiger partial charge in [-0.25, -0.2) is 8.42 Å². The van der Waals surface area contributed by atoms with Gasteiger partial charge in [0.1, 0.15) is 4.90 Å². The van der Waals surface area contributed by atoms with E-state index >= 15 is 0 Å². The Labute approximate surface area is 119 Å². The number of rotatable bonds is 9. The zero-order chi connectivity index (χ0) is 15.2. The number of carboxylic acid groups (broad SMARTS) is 1. The molecule has 0 aliphatic rings. The Hall–Kier alpha value is -1.41. The fourth-order valence-electron chi connectivity index (χ4n) is 1.81. The van der Waals surface area contributed by atoms with Crippen LogP contribution in [0.2, 0.25) is 0 Å². The summed E-state index contributed by atoms with van der Waals surface area (Å²) in [6.45, 7) is 4.95. The van der Waals surface area contributed by atoms with Gasteiger partial charge < -0.3 is 5.11 Å². The van der Waals surface area contributed by atoms with E-state index in [9.17, 15) is 13.2 Å². The smallest absolute Gasteiger partial charge is 0.305 e. The minimum Gasteiger partial charge on any atom is -0.481 e. The molecular formula is C12H21N3O4S. The first-order valence-corrected chi connectivity index (χ1v) is 8.10. The van der Waals surface area contributed by atoms with Gasteiger partial charge in [-0.1, -0.05) is 13.8 Å². The highest BCUT2D eigenvalue weighted by Gasteiger charge is 2.24. The molecule has 1 aromatic heterocycles. The zero-order valence-corrected chi connectivity index (χ0v) is 12.6. The van der Waals surface area contributed by atoms with Crippen LogP contribution in [0, 0.1) is 0 Å². The number of sulfonamides is 1. The monoisotopic (exact) mass is 303 g/mol. The molecule has 0 radical (unpaired) electrons. The van der Waals surface area contributed by atoms with Crippen LogP contribution in [-0.2, 0) is 21.4 Å². The maximum absolute atomic E-state index is 12.4. The van der Waals surface area contributed by atoms with Gasteiger partial charge in [0, 0.05) is 19.3 Å². The van der Waals surface area contributed by atoms with Crippen LogP contribution >= 0.6 is 0 Å². The minimum atomic E-state index is -3.54. The lowest BCUT2D eigenvalue weighted by molar-refractivity contribution is -0.137. The van der Waals surface area contributed by atoms with Crippen molar-refractivity contribution >= 4 is 16.0 Å². The standard InChI is InChI=1S/C12H21N3O4S/c1-3-6-15(7-4-2)20(18,19)11-9-13-14(10-11)8-5-12(16)17/h9-10H,3-8H2,1-2H3,(H,16,17). The second kappa shape index (κ2) is 7.39. The van der Waals surface area contributed by atoms with Gasteiger partial charge >= 0.3 is 5.97 Å². The Morgan fingerprint density at radius 2 is 1.95 bits per heavy atom. The van der Waals surface area contributed by atoms with E-state index in [2.05, 4.69) is 5.10 Å². The van der Waals surface area contributed by atoms with Crippen LogP contribution in [0.25, 0.3) is 0 Å². The van der Waals surface area contributed by atoms with Gasteiger partial charge in [-0.3, -0.25) is 9.48 Å². The number of aliphatic carboxylic acids is 1. The van der Waals surface area contributed by atoms with E-state index in [0.29, 0.717) is 13.1 Å². The first-order valence-electron chi connectivity index (χ1n) is 6.66. The highest BCUT2D eigenvalue weighted by atomic mass is 32.2. The second-order valence-corrected chi connectivity index (χ2v) is 6.42. The lowest BCUT2D eigenvalue weighted by atomic mass is 10.4. The van der Waals surface area contributed by atoms with Gasteiger partial charge in [0.2, 0.25) is 10.0 Å². The van der Waals surface area contributed by atoms with Crippen LogP contribution < -0.4 is 0 Å². The highest BCUT2D eigenvalue weighted by molar-refractivity contribution is 7.89. The highest BCUT2D eigenvalue weighted by Crippen LogP contribution is 2.15. The fraction of sp³-hybridized carbons (Fsp3) is 0.667. The van der Waals surface area contributed by atoms with Crippen LogP contribution in [0.4, 0.5) is 0 Å². The van der Waals surface area contributed by atoms with Gasteiger partial charge in [-0.2, -0.15) is 9.40 Å². The maximum Gasteiger partial charge on any atom is 0.305 e. The van der Waals surface area contributed by atoms with Crippen molar-refractivity contribution in [3.8, 4) is 0 Å². The summed E-state index contributed by atoms with van der Waals surface area (Å²) in [5, 5.41) is 12.5. The number of hydrogen-bond donors (Lipinski definition) is 1. The Bertz CT molecular complexity index is 533. The molecule has 0 unspecified atom stereocenters. The number of carbonyl (C=O) groups is 1. The lowest BCUT2D eigenvalue weighted by Gasteiger charge is -2.19. The quantitative estimate of drug-likeness (QED) is 0.739. The molecule has 0 aliphatic carbocycles. The van der Waals surface area contributed by atoms with Gasteiger partial charge in [0.05, 0.1) is 19.2 Å². The summed E-state index contributed by atoms with van der Waals surface area (Å²) in [6.07, 6.45) is 4.06. The van der Waals surface area contributed by atoms with Crippen molar-refractivity contribution in [2.75, 3.05) is 13.1 Å². The molecule has 1 heterocycles. The molecule has 8 heteroatoms. The molecule has 0 saturated heterocycles. The molecule has 20 heavy (non-hydrogen) atoms. The predicted molar refractivity (Wildman–Crippen MR) is 73.8 cm³/mol. The van der Waals surface area contributed by atoms with E-state index in [0.717, 1.165) is 12.8 Å². The summed E-state index contributed by atoms with van der Waals surface area (Å²) in [5.41, 5.74) is 0. The molecular weight excluding hydrogens is 282 g/mol. The average Bonchev–Trinajstić information content (AvgIpc) is 2.85. The maximum atomic E-state index is 12.4. The number of aryl methyl sites for hydroxylation is 1. The average molecular weight is 303 g/mol. The summed E-state index contributed by atoms with van der Waals surface area (Å²) in [7, 11) is -3.54. The van der Waals surface area contributed by atoms with E-state index in [1.54, 1.807) is 0 Å². The third-order valence-electron chi connectivity index (χ3n) is 2.75. The molecule has 0 aromatic carbocycles. The van der Waals surface area contributed by atoms with E-state index in [1.165, 1.54) is 21.4 Å². The number of nitrogens with zero attached hydrogens (tertiary/aromatic N) is 3. The zero-order valence-electron chi connectivity index (χ0n) is 11.8. The topological polar surface area (TPSA) is 92.5 Å². The van der Waals surface area contributed by atoms with Crippen LogP contribution in [0.1, 0.15) is 33.1 Å². The van der Waals surface area contributed by atoms with Crippen molar-refractivity contribution < 1.29 is 18.3 Å². The van der Waals surface area contributed by atoms with Crippen LogP contribution in [0.5, 0.6) is 0 Å². The SMILES string of the molecule is CCCN(CCC)S(=O)(=O)c1cnn(CCC(=O)O)c1. The number of aromatic nitrogens is 2. The number of hydrogen-bond acceptors (Lipinski definition) is 4. The molecule has 0 aliphatic heterocycles. The Kier molecular flexibility index (Phi) is 6.15. The van der Waals surface area contributed by atoms with E-state index in [-0.39, 0.29) is 17.9 Å². The lowest BCUT2D eigenvalue weighted by Crippen LogP contribution is -2.32. The third-order valence-corrected chi connectivity index (χ3v) is 4.60. The van der Waals surface area contributed by atoms with Gasteiger partial charge in [-0.15, -0.1) is 0 Å². The normalized spacial score (nSPS) is 11.9. The predicted octanol–water partition coefficient (Wildman–Crippen LogP) is 1.17. The largest absolute Gasteiger partial charge is 0.481 e. The minimum absolute atomic E-state index is 0.0885. The molecule has 1 aromatic rings. The summed E-state index contributed by atoms with van der Waals surface area (Å²) in [4.78, 5) is 10.6. The van der Waals surface area contributed by atoms with Crippen LogP contribution in [0.3, 0.4) is 0 Å². The first-order chi connectivity index (χ1) is 9.41.